The monoisotopic (exact) mass is 627 g/mol. The zero-order chi connectivity index (χ0) is 30.9. The molecule has 1 saturated carbocycles. The fraction of sp³-hybridized carbons (Fsp3) is 0.706. The average Bonchev–Trinajstić information content (AvgIpc) is 3.08. The molecule has 242 valence electrons. The Bertz CT molecular complexity index is 1130. The van der Waals surface area contributed by atoms with E-state index in [9.17, 15) is 19.2 Å². The Hall–Kier alpha value is -2.49. The minimum Gasteiger partial charge on any atom is -0.341 e. The summed E-state index contributed by atoms with van der Waals surface area (Å²) in [4.78, 5) is 59.2. The van der Waals surface area contributed by atoms with Gasteiger partial charge in [-0.15, -0.1) is 11.6 Å². The van der Waals surface area contributed by atoms with E-state index >= 15 is 0 Å². The van der Waals surface area contributed by atoms with Crippen molar-refractivity contribution >= 4 is 35.6 Å². The lowest BCUT2D eigenvalue weighted by Crippen LogP contribution is -2.57. The van der Waals surface area contributed by atoms with Crippen LogP contribution in [-0.4, -0.2) is 121 Å². The SMILES string of the molecule is O=CCN1CCC(CN2CCN(C(=O)C(NC(=O)c3cccc(C4CCCN(C(=O)CCl)C4)c3)C3CCCCC3)CC2)CC1. The molecule has 1 aliphatic carbocycles. The average molecular weight is 628 g/mol. The maximum absolute atomic E-state index is 14.0. The number of likely N-dealkylation sites (tertiary alicyclic amines) is 2. The lowest BCUT2D eigenvalue weighted by molar-refractivity contribution is -0.137. The molecule has 3 heterocycles. The van der Waals surface area contributed by atoms with Crippen molar-refractivity contribution in [1.29, 1.82) is 0 Å². The van der Waals surface area contributed by atoms with Crippen LogP contribution in [0.3, 0.4) is 0 Å². The third kappa shape index (κ3) is 8.61. The molecular weight excluding hydrogens is 578 g/mol. The second-order valence-electron chi connectivity index (χ2n) is 13.3. The molecule has 9 nitrogen and oxygen atoms in total. The summed E-state index contributed by atoms with van der Waals surface area (Å²) in [6, 6.07) is 7.21. The van der Waals surface area contributed by atoms with E-state index in [0.717, 1.165) is 102 Å². The first-order valence-corrected chi connectivity index (χ1v) is 17.4. The summed E-state index contributed by atoms with van der Waals surface area (Å²) in [5.41, 5.74) is 1.62. The number of amides is 3. The van der Waals surface area contributed by atoms with Crippen LogP contribution < -0.4 is 5.32 Å². The Morgan fingerprint density at radius 3 is 2.32 bits per heavy atom. The number of nitrogens with one attached hydrogen (secondary N) is 1. The molecule has 1 aromatic carbocycles. The van der Waals surface area contributed by atoms with E-state index in [2.05, 4.69) is 15.1 Å². The van der Waals surface area contributed by atoms with Gasteiger partial charge >= 0.3 is 0 Å². The van der Waals surface area contributed by atoms with Crippen molar-refractivity contribution < 1.29 is 19.2 Å². The zero-order valence-electron chi connectivity index (χ0n) is 26.1. The molecule has 2 atom stereocenters. The number of piperidine rings is 2. The Balaban J connectivity index is 1.19. The molecule has 4 aliphatic rings. The number of halogens is 1. The van der Waals surface area contributed by atoms with Crippen LogP contribution in [0.4, 0.5) is 0 Å². The van der Waals surface area contributed by atoms with Gasteiger partial charge in [-0.1, -0.05) is 31.4 Å². The minimum absolute atomic E-state index is 0.0103. The molecule has 3 saturated heterocycles. The lowest BCUT2D eigenvalue weighted by atomic mass is 9.83. The van der Waals surface area contributed by atoms with Gasteiger partial charge in [-0.25, -0.2) is 0 Å². The van der Waals surface area contributed by atoms with Crippen LogP contribution in [0, 0.1) is 11.8 Å². The normalized spacial score (nSPS) is 23.7. The topological polar surface area (TPSA) is 93.3 Å². The summed E-state index contributed by atoms with van der Waals surface area (Å²) in [5.74, 6) is 0.777. The minimum atomic E-state index is -0.508. The third-order valence-electron chi connectivity index (χ3n) is 10.4. The van der Waals surface area contributed by atoms with Crippen LogP contribution in [0.2, 0.25) is 0 Å². The van der Waals surface area contributed by atoms with E-state index in [-0.39, 0.29) is 35.4 Å². The highest BCUT2D eigenvalue weighted by Gasteiger charge is 2.36. The van der Waals surface area contributed by atoms with E-state index in [4.69, 9.17) is 11.6 Å². The number of benzene rings is 1. The van der Waals surface area contributed by atoms with E-state index in [1.807, 2.05) is 34.1 Å². The largest absolute Gasteiger partial charge is 0.341 e. The maximum atomic E-state index is 14.0. The zero-order valence-corrected chi connectivity index (χ0v) is 26.9. The van der Waals surface area contributed by atoms with E-state index in [1.54, 1.807) is 0 Å². The number of rotatable bonds is 10. The number of hydrogen-bond donors (Lipinski definition) is 1. The van der Waals surface area contributed by atoms with Gasteiger partial charge in [0.05, 0.1) is 6.54 Å². The van der Waals surface area contributed by atoms with Crippen LogP contribution in [-0.2, 0) is 14.4 Å². The fourth-order valence-electron chi connectivity index (χ4n) is 7.74. The summed E-state index contributed by atoms with van der Waals surface area (Å²) in [6.07, 6.45) is 10.4. The number of carbonyl (C=O) groups excluding carboxylic acids is 4. The first kappa shape index (κ1) is 32.9. The quantitative estimate of drug-likeness (QED) is 0.316. The highest BCUT2D eigenvalue weighted by Crippen LogP contribution is 2.30. The van der Waals surface area contributed by atoms with E-state index < -0.39 is 6.04 Å². The number of nitrogens with zero attached hydrogens (tertiary/aromatic N) is 4. The van der Waals surface area contributed by atoms with Gasteiger partial charge in [0.25, 0.3) is 5.91 Å². The molecular formula is C34H50ClN5O4. The molecule has 0 bridgehead atoms. The van der Waals surface area contributed by atoms with E-state index in [1.165, 1.54) is 6.42 Å². The van der Waals surface area contributed by atoms with Gasteiger partial charge in [0.2, 0.25) is 11.8 Å². The second kappa shape index (κ2) is 16.2. The molecule has 1 N–H and O–H groups in total. The number of piperazine rings is 1. The fourth-order valence-corrected chi connectivity index (χ4v) is 7.91. The van der Waals surface area contributed by atoms with Crippen molar-refractivity contribution in [3.05, 3.63) is 35.4 Å². The Labute approximate surface area is 267 Å². The molecule has 0 radical (unpaired) electrons. The van der Waals surface area contributed by atoms with Crippen LogP contribution in [0.1, 0.15) is 79.6 Å². The van der Waals surface area contributed by atoms with Crippen LogP contribution in [0.15, 0.2) is 24.3 Å². The summed E-state index contributed by atoms with van der Waals surface area (Å²) in [5, 5.41) is 3.20. The Morgan fingerprint density at radius 2 is 1.61 bits per heavy atom. The first-order chi connectivity index (χ1) is 21.4. The second-order valence-corrected chi connectivity index (χ2v) is 13.6. The van der Waals surface area contributed by atoms with Crippen LogP contribution in [0.5, 0.6) is 0 Å². The van der Waals surface area contributed by atoms with Crippen molar-refractivity contribution in [2.24, 2.45) is 11.8 Å². The summed E-state index contributed by atoms with van der Waals surface area (Å²) < 4.78 is 0. The van der Waals surface area contributed by atoms with Crippen LogP contribution >= 0.6 is 11.6 Å². The van der Waals surface area contributed by atoms with Gasteiger partial charge in [0.15, 0.2) is 0 Å². The van der Waals surface area contributed by atoms with Gasteiger partial charge < -0.3 is 19.9 Å². The molecule has 44 heavy (non-hydrogen) atoms. The molecule has 2 unspecified atom stereocenters. The molecule has 0 aromatic heterocycles. The van der Waals surface area contributed by atoms with Crippen molar-refractivity contribution in [2.45, 2.75) is 69.7 Å². The molecule has 0 spiro atoms. The highest BCUT2D eigenvalue weighted by molar-refractivity contribution is 6.27. The first-order valence-electron chi connectivity index (χ1n) is 16.9. The van der Waals surface area contributed by atoms with Crippen molar-refractivity contribution in [3.8, 4) is 0 Å². The number of alkyl halides is 1. The van der Waals surface area contributed by atoms with Gasteiger partial charge in [0, 0.05) is 57.3 Å². The van der Waals surface area contributed by atoms with Gasteiger partial charge in [0.1, 0.15) is 18.2 Å². The third-order valence-corrected chi connectivity index (χ3v) is 10.7. The van der Waals surface area contributed by atoms with Crippen molar-refractivity contribution in [1.82, 2.24) is 24.9 Å². The van der Waals surface area contributed by atoms with E-state index in [0.29, 0.717) is 37.7 Å². The predicted octanol–water partition coefficient (Wildman–Crippen LogP) is 3.37. The van der Waals surface area contributed by atoms with Gasteiger partial charge in [-0.3, -0.25) is 24.2 Å². The standard InChI is InChI=1S/C34H50ClN5O4/c35-23-31(42)40-13-5-10-30(25-40)28-8-4-9-29(22-28)33(43)36-32(27-6-2-1-3-7-27)34(44)39-18-16-38(17-19-39)24-26-11-14-37(15-12-26)20-21-41/h4,8-9,21-22,26-27,30,32H,1-3,5-7,10-20,23-25H2,(H,36,43). The van der Waals surface area contributed by atoms with Gasteiger partial charge in [-0.2, -0.15) is 0 Å². The maximum Gasteiger partial charge on any atom is 0.251 e. The molecule has 1 aromatic rings. The number of carbonyl (C=O) groups is 4. The number of aldehydes is 1. The number of hydrogen-bond acceptors (Lipinski definition) is 6. The molecule has 5 rings (SSSR count). The Morgan fingerprint density at radius 1 is 0.864 bits per heavy atom. The smallest absolute Gasteiger partial charge is 0.251 e. The molecule has 3 amide bonds. The van der Waals surface area contributed by atoms with Crippen molar-refractivity contribution in [2.75, 3.05) is 71.3 Å². The molecule has 10 heteroatoms. The molecule has 4 fully saturated rings. The lowest BCUT2D eigenvalue weighted by Gasteiger charge is -2.40. The van der Waals surface area contributed by atoms with Gasteiger partial charge in [-0.05, 0) is 81.1 Å². The van der Waals surface area contributed by atoms with Crippen molar-refractivity contribution in [3.63, 3.8) is 0 Å². The highest BCUT2D eigenvalue weighted by atomic mass is 35.5. The molecule has 3 aliphatic heterocycles. The summed E-state index contributed by atoms with van der Waals surface area (Å²) in [6.45, 7) is 8.00. The van der Waals surface area contributed by atoms with Crippen LogP contribution in [0.25, 0.3) is 0 Å². The summed E-state index contributed by atoms with van der Waals surface area (Å²) in [7, 11) is 0. The Kier molecular flexibility index (Phi) is 12.1. The summed E-state index contributed by atoms with van der Waals surface area (Å²) >= 11 is 5.81. The predicted molar refractivity (Wildman–Crippen MR) is 172 cm³/mol.